The zero-order valence-electron chi connectivity index (χ0n) is 10.7. The highest BCUT2D eigenvalue weighted by atomic mass is 79.9. The average Bonchev–Trinajstić information content (AvgIpc) is 2.76. The molecule has 0 amide bonds. The van der Waals surface area contributed by atoms with Gasteiger partial charge in [-0.2, -0.15) is 0 Å². The molecule has 0 aliphatic carbocycles. The van der Waals surface area contributed by atoms with E-state index in [2.05, 4.69) is 20.9 Å². The van der Waals surface area contributed by atoms with Crippen molar-refractivity contribution in [1.82, 2.24) is 9.55 Å². The van der Waals surface area contributed by atoms with Gasteiger partial charge in [-0.15, -0.1) is 11.6 Å². The number of aromatic nitrogens is 2. The lowest BCUT2D eigenvalue weighted by Crippen LogP contribution is -2.03. The van der Waals surface area contributed by atoms with Crippen LogP contribution in [0.3, 0.4) is 0 Å². The van der Waals surface area contributed by atoms with Gasteiger partial charge in [0.15, 0.2) is 0 Å². The average molecular weight is 354 g/mol. The number of hydrogen-bond donors (Lipinski definition) is 0. The van der Waals surface area contributed by atoms with Crippen molar-refractivity contribution in [1.29, 1.82) is 0 Å². The van der Waals surface area contributed by atoms with Crippen LogP contribution in [-0.2, 0) is 5.88 Å². The molecule has 0 aliphatic rings. The molecule has 0 saturated carbocycles. The number of para-hydroxylation sites is 1. The first kappa shape index (κ1) is 13.6. The lowest BCUT2D eigenvalue weighted by atomic mass is 10.2. The molecular formula is C15H11BrClFN2. The van der Waals surface area contributed by atoms with Crippen molar-refractivity contribution < 1.29 is 4.39 Å². The number of aryl methyl sites for hydroxylation is 1. The summed E-state index contributed by atoms with van der Waals surface area (Å²) in [4.78, 5) is 4.49. The first-order valence-electron chi connectivity index (χ1n) is 6.10. The van der Waals surface area contributed by atoms with E-state index >= 15 is 0 Å². The highest BCUT2D eigenvalue weighted by Gasteiger charge is 2.17. The Bertz CT molecular complexity index is 778. The van der Waals surface area contributed by atoms with E-state index in [-0.39, 0.29) is 11.7 Å². The van der Waals surface area contributed by atoms with Crippen LogP contribution in [0, 0.1) is 12.7 Å². The monoisotopic (exact) mass is 352 g/mol. The molecule has 2 nitrogen and oxygen atoms in total. The molecule has 0 atom stereocenters. The molecule has 102 valence electrons. The lowest BCUT2D eigenvalue weighted by molar-refractivity contribution is 0.616. The summed E-state index contributed by atoms with van der Waals surface area (Å²) in [6.45, 7) is 2.00. The quantitative estimate of drug-likeness (QED) is 0.594. The molecule has 0 unspecified atom stereocenters. The number of fused-ring (bicyclic) bond motifs is 1. The summed E-state index contributed by atoms with van der Waals surface area (Å²) < 4.78 is 16.7. The number of imidazole rings is 1. The zero-order valence-corrected chi connectivity index (χ0v) is 13.0. The van der Waals surface area contributed by atoms with Crippen LogP contribution < -0.4 is 0 Å². The first-order chi connectivity index (χ1) is 9.61. The molecule has 0 aliphatic heterocycles. The standard InChI is InChI=1S/C15H11BrClFN2/c1-9-5-6-13-12(7-9)19-14(8-17)20(13)15-10(16)3-2-4-11(15)18/h2-7H,8H2,1H3. The van der Waals surface area contributed by atoms with Gasteiger partial charge in [-0.1, -0.05) is 12.1 Å². The molecule has 0 N–H and O–H groups in total. The minimum atomic E-state index is -0.314. The molecule has 0 bridgehead atoms. The topological polar surface area (TPSA) is 17.8 Å². The number of alkyl halides is 1. The fraction of sp³-hybridized carbons (Fsp3) is 0.133. The Morgan fingerprint density at radius 1 is 1.30 bits per heavy atom. The highest BCUT2D eigenvalue weighted by molar-refractivity contribution is 9.10. The molecule has 0 radical (unpaired) electrons. The van der Waals surface area contributed by atoms with Gasteiger partial charge in [0.2, 0.25) is 0 Å². The van der Waals surface area contributed by atoms with E-state index in [1.807, 2.05) is 25.1 Å². The third-order valence-corrected chi connectivity index (χ3v) is 4.04. The van der Waals surface area contributed by atoms with Gasteiger partial charge in [0.1, 0.15) is 11.6 Å². The van der Waals surface area contributed by atoms with Gasteiger partial charge < -0.3 is 0 Å². The van der Waals surface area contributed by atoms with Gasteiger partial charge >= 0.3 is 0 Å². The van der Waals surface area contributed by atoms with Crippen molar-refractivity contribution in [3.05, 3.63) is 58.1 Å². The van der Waals surface area contributed by atoms with Crippen molar-refractivity contribution >= 4 is 38.6 Å². The third-order valence-electron chi connectivity index (χ3n) is 3.16. The minimum Gasteiger partial charge on any atom is -0.291 e. The Kier molecular flexibility index (Phi) is 3.52. The summed E-state index contributed by atoms with van der Waals surface area (Å²) in [5.41, 5.74) is 3.21. The number of nitrogens with zero attached hydrogens (tertiary/aromatic N) is 2. The maximum absolute atomic E-state index is 14.2. The minimum absolute atomic E-state index is 0.217. The van der Waals surface area contributed by atoms with E-state index in [0.717, 1.165) is 16.6 Å². The molecule has 0 saturated heterocycles. The number of benzene rings is 2. The molecule has 0 fully saturated rings. The van der Waals surface area contributed by atoms with Crippen LogP contribution in [0.4, 0.5) is 4.39 Å². The fourth-order valence-electron chi connectivity index (χ4n) is 2.28. The second-order valence-electron chi connectivity index (χ2n) is 4.56. The first-order valence-corrected chi connectivity index (χ1v) is 7.43. The van der Waals surface area contributed by atoms with Crippen LogP contribution >= 0.6 is 27.5 Å². The van der Waals surface area contributed by atoms with E-state index in [9.17, 15) is 4.39 Å². The summed E-state index contributed by atoms with van der Waals surface area (Å²) in [5, 5.41) is 0. The SMILES string of the molecule is Cc1ccc2c(c1)nc(CCl)n2-c1c(F)cccc1Br. The van der Waals surface area contributed by atoms with Crippen LogP contribution in [0.25, 0.3) is 16.7 Å². The Labute approximate surface area is 129 Å². The van der Waals surface area contributed by atoms with Gasteiger partial charge in [0.25, 0.3) is 0 Å². The second kappa shape index (κ2) is 5.19. The molecule has 1 heterocycles. The van der Waals surface area contributed by atoms with Crippen molar-refractivity contribution in [2.75, 3.05) is 0 Å². The van der Waals surface area contributed by atoms with Crippen LogP contribution in [0.2, 0.25) is 0 Å². The molecule has 2 aromatic carbocycles. The molecular weight excluding hydrogens is 343 g/mol. The van der Waals surface area contributed by atoms with E-state index < -0.39 is 0 Å². The Hall–Kier alpha value is -1.39. The predicted octanol–water partition coefficient (Wildman–Crippen LogP) is 4.97. The second-order valence-corrected chi connectivity index (χ2v) is 5.68. The van der Waals surface area contributed by atoms with E-state index in [1.54, 1.807) is 16.7 Å². The van der Waals surface area contributed by atoms with Crippen molar-refractivity contribution in [3.8, 4) is 5.69 Å². The number of rotatable bonds is 2. The highest BCUT2D eigenvalue weighted by Crippen LogP contribution is 2.30. The van der Waals surface area contributed by atoms with Crippen molar-refractivity contribution in [2.24, 2.45) is 0 Å². The predicted molar refractivity (Wildman–Crippen MR) is 83.0 cm³/mol. The molecule has 20 heavy (non-hydrogen) atoms. The zero-order chi connectivity index (χ0) is 14.3. The summed E-state index contributed by atoms with van der Waals surface area (Å²) >= 11 is 9.38. The number of hydrogen-bond acceptors (Lipinski definition) is 1. The largest absolute Gasteiger partial charge is 0.291 e. The van der Waals surface area contributed by atoms with Crippen molar-refractivity contribution in [2.45, 2.75) is 12.8 Å². The van der Waals surface area contributed by atoms with Gasteiger partial charge in [-0.05, 0) is 52.7 Å². The van der Waals surface area contributed by atoms with Crippen LogP contribution in [0.15, 0.2) is 40.9 Å². The fourth-order valence-corrected chi connectivity index (χ4v) is 2.98. The maximum Gasteiger partial charge on any atom is 0.148 e. The third kappa shape index (κ3) is 2.13. The normalized spacial score (nSPS) is 11.2. The Morgan fingerprint density at radius 3 is 2.80 bits per heavy atom. The summed E-state index contributed by atoms with van der Waals surface area (Å²) in [5.74, 6) is 0.526. The molecule has 3 rings (SSSR count). The van der Waals surface area contributed by atoms with Gasteiger partial charge in [0.05, 0.1) is 22.6 Å². The van der Waals surface area contributed by atoms with Gasteiger partial charge in [-0.25, -0.2) is 9.37 Å². The van der Waals surface area contributed by atoms with E-state index in [1.165, 1.54) is 6.07 Å². The van der Waals surface area contributed by atoms with E-state index in [4.69, 9.17) is 11.6 Å². The smallest absolute Gasteiger partial charge is 0.148 e. The Balaban J connectivity index is 2.40. The molecule has 0 spiro atoms. The summed E-state index contributed by atoms with van der Waals surface area (Å²) in [7, 11) is 0. The maximum atomic E-state index is 14.2. The molecule has 1 aromatic heterocycles. The lowest BCUT2D eigenvalue weighted by Gasteiger charge is -2.11. The number of halogens is 3. The Morgan fingerprint density at radius 2 is 2.10 bits per heavy atom. The van der Waals surface area contributed by atoms with Crippen LogP contribution in [-0.4, -0.2) is 9.55 Å². The van der Waals surface area contributed by atoms with Gasteiger partial charge in [0, 0.05) is 4.47 Å². The molecule has 3 aromatic rings. The van der Waals surface area contributed by atoms with Crippen LogP contribution in [0.1, 0.15) is 11.4 Å². The van der Waals surface area contributed by atoms with Gasteiger partial charge in [-0.3, -0.25) is 4.57 Å². The summed E-state index contributed by atoms with van der Waals surface area (Å²) in [6.07, 6.45) is 0. The molecule has 5 heteroatoms. The summed E-state index contributed by atoms with van der Waals surface area (Å²) in [6, 6.07) is 10.8. The van der Waals surface area contributed by atoms with Crippen molar-refractivity contribution in [3.63, 3.8) is 0 Å². The van der Waals surface area contributed by atoms with E-state index in [0.29, 0.717) is 16.0 Å². The van der Waals surface area contributed by atoms with Crippen LogP contribution in [0.5, 0.6) is 0 Å².